The SMILES string of the molecule is Cc1noc(/C=C/N(C)C)c1S(=O)(=O)N1CCCC(C(=O)Nc2cccc(F)c2)C1. The minimum absolute atomic E-state index is 0.00629. The van der Waals surface area contributed by atoms with Crippen molar-refractivity contribution in [1.82, 2.24) is 14.4 Å². The second-order valence-electron chi connectivity index (χ2n) is 7.44. The molecule has 1 N–H and O–H groups in total. The molecule has 1 amide bonds. The molecule has 0 radical (unpaired) electrons. The van der Waals surface area contributed by atoms with Crippen molar-refractivity contribution in [1.29, 1.82) is 0 Å². The van der Waals surface area contributed by atoms with E-state index in [2.05, 4.69) is 10.5 Å². The zero-order chi connectivity index (χ0) is 21.9. The Hall–Kier alpha value is -2.72. The maximum absolute atomic E-state index is 13.4. The number of sulfonamides is 1. The molecular formula is C20H25FN4O4S. The first-order valence-corrected chi connectivity index (χ1v) is 11.0. The number of carbonyl (C=O) groups is 1. The highest BCUT2D eigenvalue weighted by molar-refractivity contribution is 7.89. The van der Waals surface area contributed by atoms with Gasteiger partial charge in [-0.05, 0) is 38.0 Å². The first-order chi connectivity index (χ1) is 14.2. The third kappa shape index (κ3) is 4.88. The van der Waals surface area contributed by atoms with Crippen LogP contribution in [-0.4, -0.2) is 55.9 Å². The molecule has 1 aliphatic heterocycles. The van der Waals surface area contributed by atoms with E-state index in [1.807, 2.05) is 0 Å². The predicted octanol–water partition coefficient (Wildman–Crippen LogP) is 2.69. The van der Waals surface area contributed by atoms with E-state index >= 15 is 0 Å². The predicted molar refractivity (Wildman–Crippen MR) is 110 cm³/mol. The van der Waals surface area contributed by atoms with Crippen molar-refractivity contribution in [2.24, 2.45) is 5.92 Å². The number of aryl methyl sites for hydroxylation is 1. The molecule has 0 saturated carbocycles. The number of hydrogen-bond donors (Lipinski definition) is 1. The molecule has 3 rings (SSSR count). The minimum Gasteiger partial charge on any atom is -0.383 e. The molecule has 2 aromatic rings. The lowest BCUT2D eigenvalue weighted by molar-refractivity contribution is -0.120. The third-order valence-corrected chi connectivity index (χ3v) is 6.83. The summed E-state index contributed by atoms with van der Waals surface area (Å²) in [7, 11) is -0.295. The maximum atomic E-state index is 13.4. The average molecular weight is 437 g/mol. The number of nitrogens with one attached hydrogen (secondary N) is 1. The van der Waals surface area contributed by atoms with E-state index in [9.17, 15) is 17.6 Å². The fourth-order valence-corrected chi connectivity index (χ4v) is 5.10. The van der Waals surface area contributed by atoms with Crippen LogP contribution in [0.25, 0.3) is 6.08 Å². The van der Waals surface area contributed by atoms with Gasteiger partial charge in [0.25, 0.3) is 0 Å². The van der Waals surface area contributed by atoms with E-state index in [0.717, 1.165) is 0 Å². The lowest BCUT2D eigenvalue weighted by Crippen LogP contribution is -2.43. The summed E-state index contributed by atoms with van der Waals surface area (Å²) in [5, 5.41) is 6.48. The Labute approximate surface area is 175 Å². The van der Waals surface area contributed by atoms with E-state index in [0.29, 0.717) is 25.1 Å². The number of hydrogen-bond acceptors (Lipinski definition) is 6. The highest BCUT2D eigenvalue weighted by Gasteiger charge is 2.37. The number of carbonyl (C=O) groups excluding carboxylic acids is 1. The number of halogens is 1. The van der Waals surface area contributed by atoms with Gasteiger partial charge < -0.3 is 14.7 Å². The molecule has 30 heavy (non-hydrogen) atoms. The van der Waals surface area contributed by atoms with Crippen molar-refractivity contribution in [3.8, 4) is 0 Å². The van der Waals surface area contributed by atoms with Gasteiger partial charge >= 0.3 is 0 Å². The molecular weight excluding hydrogens is 411 g/mol. The van der Waals surface area contributed by atoms with Crippen LogP contribution in [-0.2, 0) is 14.8 Å². The summed E-state index contributed by atoms with van der Waals surface area (Å²) in [5.41, 5.74) is 0.603. The summed E-state index contributed by atoms with van der Waals surface area (Å²) < 4.78 is 46.5. The van der Waals surface area contributed by atoms with Crippen molar-refractivity contribution in [3.63, 3.8) is 0 Å². The van der Waals surface area contributed by atoms with Crippen LogP contribution in [0.2, 0.25) is 0 Å². The molecule has 2 heterocycles. The van der Waals surface area contributed by atoms with Crippen molar-refractivity contribution in [2.75, 3.05) is 32.5 Å². The summed E-state index contributed by atoms with van der Waals surface area (Å²) in [6, 6.07) is 5.59. The van der Waals surface area contributed by atoms with Gasteiger partial charge in [-0.2, -0.15) is 4.31 Å². The fraction of sp³-hybridized carbons (Fsp3) is 0.400. The van der Waals surface area contributed by atoms with Gasteiger partial charge in [0, 0.05) is 45.1 Å². The highest BCUT2D eigenvalue weighted by atomic mass is 32.2. The molecule has 8 nitrogen and oxygen atoms in total. The van der Waals surface area contributed by atoms with Crippen LogP contribution in [0.15, 0.2) is 39.9 Å². The standard InChI is InChI=1S/C20H25FN4O4S/c1-14-19(18(29-23-14)9-11-24(2)3)30(27,28)25-10-5-6-15(13-25)20(26)22-17-8-4-7-16(21)12-17/h4,7-9,11-12,15H,5-6,10,13H2,1-3H3,(H,22,26)/b11-9+. The molecule has 1 unspecified atom stereocenters. The lowest BCUT2D eigenvalue weighted by atomic mass is 9.99. The van der Waals surface area contributed by atoms with Gasteiger partial charge in [-0.25, -0.2) is 12.8 Å². The molecule has 1 atom stereocenters. The molecule has 1 aromatic carbocycles. The molecule has 1 aliphatic rings. The molecule has 162 valence electrons. The Kier molecular flexibility index (Phi) is 6.57. The Morgan fingerprint density at radius 3 is 2.87 bits per heavy atom. The van der Waals surface area contributed by atoms with Gasteiger partial charge in [0.05, 0.1) is 5.92 Å². The van der Waals surface area contributed by atoms with Crippen molar-refractivity contribution >= 4 is 27.7 Å². The first kappa shape index (κ1) is 22.0. The maximum Gasteiger partial charge on any atom is 0.248 e. The Bertz CT molecular complexity index is 1050. The van der Waals surface area contributed by atoms with Crippen LogP contribution in [0.1, 0.15) is 24.3 Å². The van der Waals surface area contributed by atoms with Crippen LogP contribution in [0.4, 0.5) is 10.1 Å². The van der Waals surface area contributed by atoms with E-state index in [1.54, 1.807) is 44.3 Å². The summed E-state index contributed by atoms with van der Waals surface area (Å²) in [4.78, 5) is 14.4. The van der Waals surface area contributed by atoms with E-state index in [-0.39, 0.29) is 28.8 Å². The Balaban J connectivity index is 1.79. The van der Waals surface area contributed by atoms with Gasteiger partial charge in [0.2, 0.25) is 15.9 Å². The number of anilines is 1. The number of amides is 1. The van der Waals surface area contributed by atoms with E-state index in [1.165, 1.54) is 22.5 Å². The first-order valence-electron chi connectivity index (χ1n) is 9.56. The zero-order valence-corrected chi connectivity index (χ0v) is 17.9. The Morgan fingerprint density at radius 1 is 1.40 bits per heavy atom. The lowest BCUT2D eigenvalue weighted by Gasteiger charge is -2.31. The second-order valence-corrected chi connectivity index (χ2v) is 9.32. The van der Waals surface area contributed by atoms with Crippen LogP contribution in [0, 0.1) is 18.7 Å². The third-order valence-electron chi connectivity index (χ3n) is 4.80. The van der Waals surface area contributed by atoms with Gasteiger partial charge in [-0.3, -0.25) is 4.79 Å². The number of benzene rings is 1. The zero-order valence-electron chi connectivity index (χ0n) is 17.1. The number of piperidine rings is 1. The average Bonchev–Trinajstić information content (AvgIpc) is 3.07. The number of aromatic nitrogens is 1. The minimum atomic E-state index is -3.91. The molecule has 0 aliphatic carbocycles. The quantitative estimate of drug-likeness (QED) is 0.748. The molecule has 10 heteroatoms. The Morgan fingerprint density at radius 2 is 2.17 bits per heavy atom. The van der Waals surface area contributed by atoms with Gasteiger partial charge in [0.15, 0.2) is 10.7 Å². The van der Waals surface area contributed by atoms with Crippen molar-refractivity contribution in [2.45, 2.75) is 24.7 Å². The highest BCUT2D eigenvalue weighted by Crippen LogP contribution is 2.29. The van der Waals surface area contributed by atoms with Gasteiger partial charge in [0.1, 0.15) is 11.5 Å². The van der Waals surface area contributed by atoms with E-state index < -0.39 is 21.8 Å². The molecule has 0 spiro atoms. The second kappa shape index (κ2) is 8.97. The topological polar surface area (TPSA) is 95.8 Å². The van der Waals surface area contributed by atoms with Crippen LogP contribution < -0.4 is 5.32 Å². The summed E-state index contributed by atoms with van der Waals surface area (Å²) in [5.74, 6) is -1.19. The van der Waals surface area contributed by atoms with Crippen LogP contribution in [0.5, 0.6) is 0 Å². The smallest absolute Gasteiger partial charge is 0.248 e. The summed E-state index contributed by atoms with van der Waals surface area (Å²) >= 11 is 0. The van der Waals surface area contributed by atoms with Gasteiger partial charge in [-0.15, -0.1) is 0 Å². The van der Waals surface area contributed by atoms with Crippen molar-refractivity contribution < 1.29 is 22.1 Å². The molecule has 1 fully saturated rings. The van der Waals surface area contributed by atoms with Crippen LogP contribution in [0.3, 0.4) is 0 Å². The normalized spacial score (nSPS) is 17.9. The summed E-state index contributed by atoms with van der Waals surface area (Å²) in [6.45, 7) is 1.90. The molecule has 0 bridgehead atoms. The summed E-state index contributed by atoms with van der Waals surface area (Å²) in [6.07, 6.45) is 4.30. The van der Waals surface area contributed by atoms with Crippen LogP contribution >= 0.6 is 0 Å². The largest absolute Gasteiger partial charge is 0.383 e. The van der Waals surface area contributed by atoms with Crippen molar-refractivity contribution in [3.05, 3.63) is 47.7 Å². The molecule has 1 aromatic heterocycles. The van der Waals surface area contributed by atoms with E-state index in [4.69, 9.17) is 4.52 Å². The number of nitrogens with zero attached hydrogens (tertiary/aromatic N) is 3. The monoisotopic (exact) mass is 436 g/mol. The fourth-order valence-electron chi connectivity index (χ4n) is 3.33. The number of rotatable bonds is 6. The van der Waals surface area contributed by atoms with Gasteiger partial charge in [-0.1, -0.05) is 11.2 Å². The molecule has 1 saturated heterocycles.